The lowest BCUT2D eigenvalue weighted by Crippen LogP contribution is -2.45. The van der Waals surface area contributed by atoms with Crippen molar-refractivity contribution < 1.29 is 9.90 Å². The van der Waals surface area contributed by atoms with Crippen molar-refractivity contribution in [3.8, 4) is 0 Å². The fourth-order valence-corrected chi connectivity index (χ4v) is 3.30. The maximum Gasteiger partial charge on any atom is 0.315 e. The van der Waals surface area contributed by atoms with E-state index in [2.05, 4.69) is 17.6 Å². The summed E-state index contributed by atoms with van der Waals surface area (Å²) in [6.07, 6.45) is 2.99. The van der Waals surface area contributed by atoms with E-state index in [0.717, 1.165) is 23.3 Å². The zero-order valence-electron chi connectivity index (χ0n) is 11.9. The zero-order chi connectivity index (χ0) is 14.5. The van der Waals surface area contributed by atoms with Crippen LogP contribution in [0.1, 0.15) is 30.5 Å². The van der Waals surface area contributed by atoms with Crippen molar-refractivity contribution in [1.82, 2.24) is 10.6 Å². The third kappa shape index (κ3) is 3.46. The van der Waals surface area contributed by atoms with E-state index < -0.39 is 6.10 Å². The number of amides is 2. The fraction of sp³-hybridized carbons (Fsp3) is 0.533. The molecular formula is C15H22N2O2S. The van der Waals surface area contributed by atoms with Crippen LogP contribution in [-0.2, 0) is 6.42 Å². The van der Waals surface area contributed by atoms with Gasteiger partial charge in [-0.1, -0.05) is 31.2 Å². The fourth-order valence-electron chi connectivity index (χ4n) is 2.58. The van der Waals surface area contributed by atoms with Gasteiger partial charge in [0.1, 0.15) is 0 Å². The van der Waals surface area contributed by atoms with Crippen molar-refractivity contribution in [2.45, 2.75) is 38.0 Å². The highest BCUT2D eigenvalue weighted by molar-refractivity contribution is 7.98. The average Bonchev–Trinajstić information content (AvgIpc) is 2.75. The van der Waals surface area contributed by atoms with Gasteiger partial charge in [0.05, 0.1) is 12.1 Å². The number of hydrogen-bond acceptors (Lipinski definition) is 3. The number of nitrogens with one attached hydrogen (secondary N) is 2. The standard InChI is InChI=1S/C15H22N2O2S/c1-3-11(9-20-2)16-15(19)17-14-12-7-5-4-6-10(12)8-13(14)18/h4-7,11,13-14,18H,3,8-9H2,1-2H3,(H2,16,17,19). The third-order valence-electron chi connectivity index (χ3n) is 3.69. The first kappa shape index (κ1) is 15.2. The predicted molar refractivity (Wildman–Crippen MR) is 83.0 cm³/mol. The van der Waals surface area contributed by atoms with Gasteiger partial charge in [-0.15, -0.1) is 0 Å². The van der Waals surface area contributed by atoms with Crippen LogP contribution in [0.25, 0.3) is 0 Å². The van der Waals surface area contributed by atoms with Gasteiger partial charge in [0, 0.05) is 18.2 Å². The Morgan fingerprint density at radius 2 is 2.25 bits per heavy atom. The predicted octanol–water partition coefficient (Wildman–Crippen LogP) is 2.09. The Bertz CT molecular complexity index is 467. The highest BCUT2D eigenvalue weighted by Crippen LogP contribution is 2.31. The third-order valence-corrected chi connectivity index (χ3v) is 4.42. The molecule has 1 aliphatic carbocycles. The Hall–Kier alpha value is -1.20. The minimum Gasteiger partial charge on any atom is -0.390 e. The van der Waals surface area contributed by atoms with Crippen LogP contribution in [0.4, 0.5) is 4.79 Å². The number of benzene rings is 1. The van der Waals surface area contributed by atoms with Gasteiger partial charge >= 0.3 is 6.03 Å². The Morgan fingerprint density at radius 1 is 1.50 bits per heavy atom. The monoisotopic (exact) mass is 294 g/mol. The van der Waals surface area contributed by atoms with Crippen LogP contribution in [0.3, 0.4) is 0 Å². The largest absolute Gasteiger partial charge is 0.390 e. The number of rotatable bonds is 5. The van der Waals surface area contributed by atoms with E-state index in [4.69, 9.17) is 0 Å². The number of aliphatic hydroxyl groups excluding tert-OH is 1. The first-order valence-electron chi connectivity index (χ1n) is 6.97. The molecule has 5 heteroatoms. The van der Waals surface area contributed by atoms with Gasteiger partial charge in [-0.2, -0.15) is 11.8 Å². The molecule has 0 heterocycles. The van der Waals surface area contributed by atoms with Gasteiger partial charge in [0.2, 0.25) is 0 Å². The molecule has 4 nitrogen and oxygen atoms in total. The van der Waals surface area contributed by atoms with E-state index in [9.17, 15) is 9.90 Å². The van der Waals surface area contributed by atoms with Crippen molar-refractivity contribution in [2.24, 2.45) is 0 Å². The number of carbonyl (C=O) groups is 1. The Kier molecular flexibility index (Phi) is 5.31. The van der Waals surface area contributed by atoms with Gasteiger partial charge in [0.15, 0.2) is 0 Å². The van der Waals surface area contributed by atoms with Crippen molar-refractivity contribution in [3.05, 3.63) is 35.4 Å². The maximum absolute atomic E-state index is 12.1. The lowest BCUT2D eigenvalue weighted by molar-refractivity contribution is 0.142. The topological polar surface area (TPSA) is 61.4 Å². The molecule has 0 spiro atoms. The van der Waals surface area contributed by atoms with Crippen LogP contribution in [0.15, 0.2) is 24.3 Å². The molecule has 0 radical (unpaired) electrons. The van der Waals surface area contributed by atoms with Crippen LogP contribution in [-0.4, -0.2) is 35.3 Å². The summed E-state index contributed by atoms with van der Waals surface area (Å²) >= 11 is 1.72. The van der Waals surface area contributed by atoms with E-state index in [1.165, 1.54) is 0 Å². The normalized spacial score (nSPS) is 22.1. The molecule has 0 saturated carbocycles. The van der Waals surface area contributed by atoms with Crippen LogP contribution in [0.5, 0.6) is 0 Å². The van der Waals surface area contributed by atoms with E-state index in [1.54, 1.807) is 11.8 Å². The lowest BCUT2D eigenvalue weighted by atomic mass is 10.1. The van der Waals surface area contributed by atoms with E-state index >= 15 is 0 Å². The smallest absolute Gasteiger partial charge is 0.315 e. The molecule has 2 amide bonds. The SMILES string of the molecule is CCC(CSC)NC(=O)NC1c2ccccc2CC1O. The summed E-state index contributed by atoms with van der Waals surface area (Å²) in [7, 11) is 0. The van der Waals surface area contributed by atoms with Crippen LogP contribution < -0.4 is 10.6 Å². The summed E-state index contributed by atoms with van der Waals surface area (Å²) < 4.78 is 0. The molecule has 0 fully saturated rings. The molecule has 20 heavy (non-hydrogen) atoms. The summed E-state index contributed by atoms with van der Waals surface area (Å²) in [5, 5.41) is 16.0. The Balaban J connectivity index is 1.98. The number of fused-ring (bicyclic) bond motifs is 1. The first-order chi connectivity index (χ1) is 9.65. The number of thioether (sulfide) groups is 1. The quantitative estimate of drug-likeness (QED) is 0.779. The molecule has 0 aromatic heterocycles. The van der Waals surface area contributed by atoms with Gasteiger partial charge in [0.25, 0.3) is 0 Å². The molecular weight excluding hydrogens is 272 g/mol. The number of aliphatic hydroxyl groups is 1. The van der Waals surface area contributed by atoms with E-state index in [0.29, 0.717) is 6.42 Å². The molecule has 1 aromatic carbocycles. The molecule has 3 N–H and O–H groups in total. The second-order valence-corrected chi connectivity index (χ2v) is 6.04. The maximum atomic E-state index is 12.1. The van der Waals surface area contributed by atoms with Gasteiger partial charge < -0.3 is 15.7 Å². The molecule has 3 atom stereocenters. The number of urea groups is 1. The summed E-state index contributed by atoms with van der Waals surface area (Å²) in [5.41, 5.74) is 2.13. The van der Waals surface area contributed by atoms with Gasteiger partial charge in [-0.3, -0.25) is 0 Å². The molecule has 0 saturated heterocycles. The Morgan fingerprint density at radius 3 is 2.95 bits per heavy atom. The van der Waals surface area contributed by atoms with Crippen molar-refractivity contribution >= 4 is 17.8 Å². The molecule has 0 bridgehead atoms. The second kappa shape index (κ2) is 6.99. The average molecular weight is 294 g/mol. The van der Waals surface area contributed by atoms with Crippen LogP contribution in [0.2, 0.25) is 0 Å². The van der Waals surface area contributed by atoms with E-state index in [-0.39, 0.29) is 18.1 Å². The minimum atomic E-state index is -0.543. The van der Waals surface area contributed by atoms with Gasteiger partial charge in [-0.25, -0.2) is 4.79 Å². The molecule has 1 aliphatic rings. The van der Waals surface area contributed by atoms with E-state index in [1.807, 2.05) is 30.5 Å². The second-order valence-electron chi connectivity index (χ2n) is 5.13. The molecule has 3 unspecified atom stereocenters. The number of carbonyl (C=O) groups excluding carboxylic acids is 1. The highest BCUT2D eigenvalue weighted by Gasteiger charge is 2.32. The van der Waals surface area contributed by atoms with Gasteiger partial charge in [-0.05, 0) is 23.8 Å². The number of hydrogen-bond donors (Lipinski definition) is 3. The summed E-state index contributed by atoms with van der Waals surface area (Å²) in [4.78, 5) is 12.1. The molecule has 0 aliphatic heterocycles. The summed E-state index contributed by atoms with van der Waals surface area (Å²) in [5.74, 6) is 0.897. The highest BCUT2D eigenvalue weighted by atomic mass is 32.2. The molecule has 1 aromatic rings. The minimum absolute atomic E-state index is 0.166. The zero-order valence-corrected chi connectivity index (χ0v) is 12.7. The first-order valence-corrected chi connectivity index (χ1v) is 8.37. The lowest BCUT2D eigenvalue weighted by Gasteiger charge is -2.21. The summed E-state index contributed by atoms with van der Waals surface area (Å²) in [6, 6.07) is 7.52. The summed E-state index contributed by atoms with van der Waals surface area (Å²) in [6.45, 7) is 2.06. The van der Waals surface area contributed by atoms with Crippen molar-refractivity contribution in [3.63, 3.8) is 0 Å². The Labute approximate surface area is 124 Å². The molecule has 2 rings (SSSR count). The van der Waals surface area contributed by atoms with Crippen molar-refractivity contribution in [2.75, 3.05) is 12.0 Å². The van der Waals surface area contributed by atoms with Crippen molar-refractivity contribution in [1.29, 1.82) is 0 Å². The van der Waals surface area contributed by atoms with Crippen LogP contribution >= 0.6 is 11.8 Å². The van der Waals surface area contributed by atoms with Crippen LogP contribution in [0, 0.1) is 0 Å². The molecule has 110 valence electrons.